The topological polar surface area (TPSA) is 77.1 Å². The standard InChI is InChI=1S/C22H22N2O5S2/c1-4-29-16-8-6-15(7-9-16)23-20(25)13-24-21(26)19(31-22(24)30)12-14-5-10-17(27-2)18(11-14)28-3/h5-12H,4,13H2,1-3H3,(H,23,25). The SMILES string of the molecule is CCOc1ccc(NC(=O)CN2C(=O)C(=Cc3ccc(OC)c(OC)c3)SC2=S)cc1. The van der Waals surface area contributed by atoms with Crippen molar-refractivity contribution in [2.24, 2.45) is 0 Å². The predicted molar refractivity (Wildman–Crippen MR) is 126 cm³/mol. The van der Waals surface area contributed by atoms with Crippen LogP contribution in [-0.4, -0.2) is 48.4 Å². The highest BCUT2D eigenvalue weighted by atomic mass is 32.2. The number of amides is 2. The molecule has 2 aromatic carbocycles. The van der Waals surface area contributed by atoms with E-state index < -0.39 is 0 Å². The maximum absolute atomic E-state index is 12.8. The van der Waals surface area contributed by atoms with E-state index in [0.29, 0.717) is 33.0 Å². The lowest BCUT2D eigenvalue weighted by Crippen LogP contribution is -2.36. The summed E-state index contributed by atoms with van der Waals surface area (Å²) >= 11 is 6.47. The summed E-state index contributed by atoms with van der Waals surface area (Å²) < 4.78 is 16.2. The van der Waals surface area contributed by atoms with Gasteiger partial charge in [0.15, 0.2) is 11.5 Å². The zero-order valence-electron chi connectivity index (χ0n) is 17.3. The number of methoxy groups -OCH3 is 2. The maximum atomic E-state index is 12.8. The molecule has 1 aliphatic heterocycles. The van der Waals surface area contributed by atoms with Crippen molar-refractivity contribution in [3.05, 3.63) is 52.9 Å². The van der Waals surface area contributed by atoms with E-state index in [0.717, 1.165) is 23.1 Å². The molecule has 7 nitrogen and oxygen atoms in total. The van der Waals surface area contributed by atoms with Gasteiger partial charge in [-0.1, -0.05) is 30.0 Å². The molecule has 0 aromatic heterocycles. The summed E-state index contributed by atoms with van der Waals surface area (Å²) in [6.07, 6.45) is 1.71. The molecular formula is C22H22N2O5S2. The number of hydrogen-bond donors (Lipinski definition) is 1. The van der Waals surface area contributed by atoms with Gasteiger partial charge in [0.2, 0.25) is 5.91 Å². The molecule has 1 saturated heterocycles. The number of carbonyl (C=O) groups excluding carboxylic acids is 2. The molecule has 0 spiro atoms. The van der Waals surface area contributed by atoms with Crippen LogP contribution >= 0.6 is 24.0 Å². The second-order valence-corrected chi connectivity index (χ2v) is 8.06. The minimum absolute atomic E-state index is 0.166. The number of nitrogens with zero attached hydrogens (tertiary/aromatic N) is 1. The van der Waals surface area contributed by atoms with E-state index in [9.17, 15) is 9.59 Å². The molecule has 1 N–H and O–H groups in total. The average Bonchev–Trinajstić information content (AvgIpc) is 3.02. The van der Waals surface area contributed by atoms with E-state index in [2.05, 4.69) is 5.32 Å². The van der Waals surface area contributed by atoms with Gasteiger partial charge in [0, 0.05) is 5.69 Å². The van der Waals surface area contributed by atoms with Gasteiger partial charge in [-0.15, -0.1) is 0 Å². The van der Waals surface area contributed by atoms with Crippen molar-refractivity contribution in [1.29, 1.82) is 0 Å². The number of anilines is 1. The summed E-state index contributed by atoms with van der Waals surface area (Å²) in [7, 11) is 3.10. The van der Waals surface area contributed by atoms with Gasteiger partial charge in [-0.05, 0) is 55.0 Å². The molecule has 31 heavy (non-hydrogen) atoms. The lowest BCUT2D eigenvalue weighted by atomic mass is 10.2. The Morgan fingerprint density at radius 2 is 1.84 bits per heavy atom. The lowest BCUT2D eigenvalue weighted by molar-refractivity contribution is -0.126. The zero-order chi connectivity index (χ0) is 22.4. The third-order valence-electron chi connectivity index (χ3n) is 4.33. The second-order valence-electron chi connectivity index (χ2n) is 6.39. The first-order valence-electron chi connectivity index (χ1n) is 9.45. The molecule has 9 heteroatoms. The molecule has 1 heterocycles. The smallest absolute Gasteiger partial charge is 0.266 e. The van der Waals surface area contributed by atoms with E-state index in [-0.39, 0.29) is 18.4 Å². The van der Waals surface area contributed by atoms with Crippen molar-refractivity contribution in [3.63, 3.8) is 0 Å². The first-order valence-corrected chi connectivity index (χ1v) is 10.7. The Kier molecular flexibility index (Phi) is 7.54. The number of carbonyl (C=O) groups is 2. The van der Waals surface area contributed by atoms with Gasteiger partial charge >= 0.3 is 0 Å². The van der Waals surface area contributed by atoms with Crippen molar-refractivity contribution in [3.8, 4) is 17.2 Å². The number of thiocarbonyl (C=S) groups is 1. The van der Waals surface area contributed by atoms with E-state index in [1.54, 1.807) is 56.7 Å². The highest BCUT2D eigenvalue weighted by molar-refractivity contribution is 8.26. The van der Waals surface area contributed by atoms with Crippen LogP contribution in [0.3, 0.4) is 0 Å². The molecule has 162 valence electrons. The highest BCUT2D eigenvalue weighted by Crippen LogP contribution is 2.34. The monoisotopic (exact) mass is 458 g/mol. The van der Waals surface area contributed by atoms with E-state index in [4.69, 9.17) is 26.4 Å². The van der Waals surface area contributed by atoms with Crippen LogP contribution in [0.4, 0.5) is 5.69 Å². The van der Waals surface area contributed by atoms with Gasteiger partial charge in [-0.25, -0.2) is 0 Å². The molecule has 0 aliphatic carbocycles. The number of benzene rings is 2. The first kappa shape index (κ1) is 22.6. The summed E-state index contributed by atoms with van der Waals surface area (Å²) in [5.41, 5.74) is 1.37. The van der Waals surface area contributed by atoms with Crippen LogP contribution < -0.4 is 19.5 Å². The Bertz CT molecular complexity index is 1020. The van der Waals surface area contributed by atoms with Crippen molar-refractivity contribution < 1.29 is 23.8 Å². The fourth-order valence-electron chi connectivity index (χ4n) is 2.88. The van der Waals surface area contributed by atoms with Gasteiger partial charge in [-0.2, -0.15) is 0 Å². The third-order valence-corrected chi connectivity index (χ3v) is 5.71. The van der Waals surface area contributed by atoms with Gasteiger partial charge in [0.25, 0.3) is 5.91 Å². The molecule has 0 unspecified atom stereocenters. The number of nitrogens with one attached hydrogen (secondary N) is 1. The third kappa shape index (κ3) is 5.56. The Morgan fingerprint density at radius 3 is 2.48 bits per heavy atom. The van der Waals surface area contributed by atoms with Crippen LogP contribution in [0.15, 0.2) is 47.4 Å². The second kappa shape index (κ2) is 10.3. The highest BCUT2D eigenvalue weighted by Gasteiger charge is 2.33. The summed E-state index contributed by atoms with van der Waals surface area (Å²) in [5.74, 6) is 1.22. The number of hydrogen-bond acceptors (Lipinski definition) is 7. The quantitative estimate of drug-likeness (QED) is 0.474. The van der Waals surface area contributed by atoms with Crippen LogP contribution in [-0.2, 0) is 9.59 Å². The normalized spacial score (nSPS) is 14.7. The molecule has 0 radical (unpaired) electrons. The molecule has 1 aliphatic rings. The van der Waals surface area contributed by atoms with Crippen LogP contribution in [0.2, 0.25) is 0 Å². The van der Waals surface area contributed by atoms with Crippen LogP contribution in [0, 0.1) is 0 Å². The van der Waals surface area contributed by atoms with Crippen molar-refractivity contribution in [2.45, 2.75) is 6.92 Å². The largest absolute Gasteiger partial charge is 0.494 e. The average molecular weight is 459 g/mol. The van der Waals surface area contributed by atoms with Crippen LogP contribution in [0.5, 0.6) is 17.2 Å². The fourth-order valence-corrected chi connectivity index (χ4v) is 4.13. The number of thioether (sulfide) groups is 1. The van der Waals surface area contributed by atoms with Crippen molar-refractivity contribution in [2.75, 3.05) is 32.7 Å². The summed E-state index contributed by atoms with van der Waals surface area (Å²) in [5, 5.41) is 2.76. The lowest BCUT2D eigenvalue weighted by Gasteiger charge is -2.14. The van der Waals surface area contributed by atoms with Gasteiger partial charge in [-0.3, -0.25) is 14.5 Å². The molecule has 1 fully saturated rings. The fraction of sp³-hybridized carbons (Fsp3) is 0.227. The Hall–Kier alpha value is -3.04. The number of ether oxygens (including phenoxy) is 3. The zero-order valence-corrected chi connectivity index (χ0v) is 19.0. The van der Waals surface area contributed by atoms with E-state index in [1.807, 2.05) is 13.0 Å². The Labute approximate surface area is 190 Å². The summed E-state index contributed by atoms with van der Waals surface area (Å²) in [6, 6.07) is 12.4. The number of rotatable bonds is 8. The summed E-state index contributed by atoms with van der Waals surface area (Å²) in [4.78, 5) is 27.0. The maximum Gasteiger partial charge on any atom is 0.266 e. The van der Waals surface area contributed by atoms with Crippen molar-refractivity contribution in [1.82, 2.24) is 4.90 Å². The van der Waals surface area contributed by atoms with Crippen LogP contribution in [0.1, 0.15) is 12.5 Å². The van der Waals surface area contributed by atoms with E-state index >= 15 is 0 Å². The summed E-state index contributed by atoms with van der Waals surface area (Å²) in [6.45, 7) is 2.30. The van der Waals surface area contributed by atoms with Gasteiger partial charge in [0.1, 0.15) is 16.6 Å². The van der Waals surface area contributed by atoms with Gasteiger partial charge < -0.3 is 19.5 Å². The predicted octanol–water partition coefficient (Wildman–Crippen LogP) is 3.94. The molecule has 2 aromatic rings. The molecule has 0 bridgehead atoms. The minimum Gasteiger partial charge on any atom is -0.494 e. The Morgan fingerprint density at radius 1 is 1.13 bits per heavy atom. The molecular weight excluding hydrogens is 436 g/mol. The van der Waals surface area contributed by atoms with Gasteiger partial charge in [0.05, 0.1) is 25.7 Å². The van der Waals surface area contributed by atoms with Crippen molar-refractivity contribution >= 4 is 51.9 Å². The molecule has 2 amide bonds. The molecule has 0 atom stereocenters. The molecule has 3 rings (SSSR count). The first-order chi connectivity index (χ1) is 14.9. The van der Waals surface area contributed by atoms with Crippen LogP contribution in [0.25, 0.3) is 6.08 Å². The molecule has 0 saturated carbocycles. The minimum atomic E-state index is -0.340. The Balaban J connectivity index is 1.67. The van der Waals surface area contributed by atoms with E-state index in [1.165, 1.54) is 4.90 Å².